The van der Waals surface area contributed by atoms with Gasteiger partial charge >= 0.3 is 0 Å². The highest BCUT2D eigenvalue weighted by atomic mass is 35.5. The average Bonchev–Trinajstić information content (AvgIpc) is 3.35. The fourth-order valence-corrected chi connectivity index (χ4v) is 4.71. The van der Waals surface area contributed by atoms with Crippen LogP contribution in [0.1, 0.15) is 40.7 Å². The van der Waals surface area contributed by atoms with Crippen LogP contribution in [0.4, 0.5) is 10.1 Å². The summed E-state index contributed by atoms with van der Waals surface area (Å²) in [6.45, 7) is 0.368. The van der Waals surface area contributed by atoms with Crippen LogP contribution in [0.25, 0.3) is 11.0 Å². The number of aromatic nitrogens is 2. The third-order valence-electron chi connectivity index (χ3n) is 6.32. The molecule has 3 heterocycles. The minimum atomic E-state index is -0.434. The van der Waals surface area contributed by atoms with Crippen molar-refractivity contribution in [3.63, 3.8) is 0 Å². The number of rotatable bonds is 7. The number of nitriles is 2. The van der Waals surface area contributed by atoms with E-state index in [0.29, 0.717) is 53.2 Å². The molecule has 0 bridgehead atoms. The van der Waals surface area contributed by atoms with Gasteiger partial charge in [0.1, 0.15) is 29.0 Å². The SMILES string of the molecule is N#CC[C@@H]1CC[C@@H](Nc2c(C#N)cnc3[nH]cc(C(=O)c4ccc(Oc5cccc(F)c5)cc4Cl)c23)CO1. The van der Waals surface area contributed by atoms with Gasteiger partial charge < -0.3 is 19.8 Å². The molecule has 1 aliphatic rings. The summed E-state index contributed by atoms with van der Waals surface area (Å²) < 4.78 is 24.9. The first kappa shape index (κ1) is 25.2. The lowest BCUT2D eigenvalue weighted by molar-refractivity contribution is 0.0127. The van der Waals surface area contributed by atoms with Crippen LogP contribution in [0.2, 0.25) is 5.02 Å². The molecule has 2 aromatic carbocycles. The van der Waals surface area contributed by atoms with Crippen LogP contribution in [0, 0.1) is 28.5 Å². The number of ketones is 1. The third-order valence-corrected chi connectivity index (χ3v) is 6.63. The predicted molar refractivity (Wildman–Crippen MR) is 139 cm³/mol. The van der Waals surface area contributed by atoms with E-state index in [9.17, 15) is 14.4 Å². The van der Waals surface area contributed by atoms with Crippen molar-refractivity contribution >= 4 is 34.1 Å². The highest BCUT2D eigenvalue weighted by Gasteiger charge is 2.26. The van der Waals surface area contributed by atoms with Crippen LogP contribution in [0.15, 0.2) is 54.9 Å². The van der Waals surface area contributed by atoms with E-state index in [2.05, 4.69) is 27.4 Å². The van der Waals surface area contributed by atoms with Gasteiger partial charge in [-0.3, -0.25) is 4.79 Å². The molecule has 5 rings (SSSR count). The molecule has 1 saturated heterocycles. The quantitative estimate of drug-likeness (QED) is 0.276. The number of ether oxygens (including phenoxy) is 2. The van der Waals surface area contributed by atoms with Gasteiger partial charge in [-0.1, -0.05) is 17.7 Å². The first-order valence-electron chi connectivity index (χ1n) is 11.9. The second kappa shape index (κ2) is 10.9. The summed E-state index contributed by atoms with van der Waals surface area (Å²) in [5, 5.41) is 22.7. The minimum absolute atomic E-state index is 0.106. The Labute approximate surface area is 222 Å². The van der Waals surface area contributed by atoms with Gasteiger partial charge in [0.15, 0.2) is 5.78 Å². The standard InChI is InChI=1S/C28H21ClFN5O3/c29-24-11-21(38-20-3-1-2-17(30)10-20)6-7-22(24)27(36)23-14-34-28-25(23)26(16(12-32)13-33-28)35-18-4-5-19(8-9-31)37-15-18/h1-3,6-7,10-11,13-14,18-19H,4-5,8,15H2,(H2,33,34,35)/t18-,19+/m1/s1. The van der Waals surface area contributed by atoms with Crippen LogP contribution >= 0.6 is 11.6 Å². The molecule has 38 heavy (non-hydrogen) atoms. The molecule has 190 valence electrons. The lowest BCUT2D eigenvalue weighted by atomic mass is 9.99. The number of nitrogens with one attached hydrogen (secondary N) is 2. The fourth-order valence-electron chi connectivity index (χ4n) is 4.45. The number of carbonyl (C=O) groups is 1. The number of anilines is 1. The lowest BCUT2D eigenvalue weighted by Crippen LogP contribution is -2.34. The summed E-state index contributed by atoms with van der Waals surface area (Å²) in [7, 11) is 0. The van der Waals surface area contributed by atoms with Crippen molar-refractivity contribution in [3.05, 3.63) is 82.4 Å². The number of hydrogen-bond acceptors (Lipinski definition) is 7. The first-order valence-corrected chi connectivity index (χ1v) is 12.3. The van der Waals surface area contributed by atoms with Crippen LogP contribution in [0.5, 0.6) is 11.5 Å². The van der Waals surface area contributed by atoms with E-state index in [1.165, 1.54) is 36.5 Å². The van der Waals surface area contributed by atoms with Crippen molar-refractivity contribution in [3.8, 4) is 23.6 Å². The fraction of sp³-hybridized carbons (Fsp3) is 0.214. The number of aromatic amines is 1. The van der Waals surface area contributed by atoms with Gasteiger partial charge in [-0.05, 0) is 37.1 Å². The van der Waals surface area contributed by atoms with Gasteiger partial charge in [-0.15, -0.1) is 0 Å². The zero-order valence-corrected chi connectivity index (χ0v) is 20.8. The summed E-state index contributed by atoms with van der Waals surface area (Å²) >= 11 is 6.48. The number of H-pyrrole nitrogens is 1. The van der Waals surface area contributed by atoms with Crippen LogP contribution < -0.4 is 10.1 Å². The molecule has 4 aromatic rings. The maximum atomic E-state index is 13.6. The van der Waals surface area contributed by atoms with Gasteiger partial charge in [0.2, 0.25) is 0 Å². The van der Waals surface area contributed by atoms with E-state index < -0.39 is 5.82 Å². The number of fused-ring (bicyclic) bond motifs is 1. The largest absolute Gasteiger partial charge is 0.457 e. The molecule has 1 fully saturated rings. The Morgan fingerprint density at radius 3 is 2.76 bits per heavy atom. The molecule has 0 saturated carbocycles. The predicted octanol–water partition coefficient (Wildman–Crippen LogP) is 6.12. The van der Waals surface area contributed by atoms with E-state index in [-0.39, 0.29) is 34.1 Å². The van der Waals surface area contributed by atoms with Crippen LogP contribution in [-0.4, -0.2) is 34.5 Å². The molecule has 2 atom stereocenters. The molecule has 10 heteroatoms. The number of halogens is 2. The first-order chi connectivity index (χ1) is 18.5. The molecule has 0 amide bonds. The van der Waals surface area contributed by atoms with E-state index in [1.807, 2.05) is 0 Å². The van der Waals surface area contributed by atoms with Crippen molar-refractivity contribution in [2.45, 2.75) is 31.4 Å². The molecule has 8 nitrogen and oxygen atoms in total. The van der Waals surface area contributed by atoms with Crippen molar-refractivity contribution in [1.29, 1.82) is 10.5 Å². The number of carbonyl (C=O) groups excluding carboxylic acids is 1. The van der Waals surface area contributed by atoms with Crippen molar-refractivity contribution in [1.82, 2.24) is 9.97 Å². The number of nitrogens with zero attached hydrogens (tertiary/aromatic N) is 3. The third kappa shape index (κ3) is 5.16. The average molecular weight is 530 g/mol. The van der Waals surface area contributed by atoms with E-state index >= 15 is 0 Å². The topological polar surface area (TPSA) is 124 Å². The molecule has 0 aliphatic carbocycles. The number of hydrogen-bond donors (Lipinski definition) is 2. The molecule has 0 unspecified atom stereocenters. The van der Waals surface area contributed by atoms with Crippen molar-refractivity contribution < 1.29 is 18.7 Å². The Hall–Kier alpha value is -4.44. The molecule has 1 aliphatic heterocycles. The second-order valence-corrected chi connectivity index (χ2v) is 9.26. The van der Waals surface area contributed by atoms with E-state index in [1.54, 1.807) is 18.3 Å². The summed E-state index contributed by atoms with van der Waals surface area (Å²) in [6.07, 6.45) is 4.67. The summed E-state index contributed by atoms with van der Waals surface area (Å²) in [6, 6.07) is 14.5. The number of pyridine rings is 1. The monoisotopic (exact) mass is 529 g/mol. The van der Waals surface area contributed by atoms with Crippen molar-refractivity contribution in [2.24, 2.45) is 0 Å². The van der Waals surface area contributed by atoms with Crippen molar-refractivity contribution in [2.75, 3.05) is 11.9 Å². The highest BCUT2D eigenvalue weighted by Crippen LogP contribution is 2.34. The normalized spacial score (nSPS) is 16.9. The summed E-state index contributed by atoms with van der Waals surface area (Å²) in [5.74, 6) is -0.157. The van der Waals surface area contributed by atoms with E-state index in [0.717, 1.165) is 6.42 Å². The van der Waals surface area contributed by atoms with Gasteiger partial charge in [-0.25, -0.2) is 9.37 Å². The number of benzene rings is 2. The summed E-state index contributed by atoms with van der Waals surface area (Å²) in [5.41, 5.74) is 1.74. The van der Waals surface area contributed by atoms with Gasteiger partial charge in [-0.2, -0.15) is 10.5 Å². The zero-order valence-electron chi connectivity index (χ0n) is 20.0. The Morgan fingerprint density at radius 1 is 1.21 bits per heavy atom. The molecule has 0 radical (unpaired) electrons. The maximum Gasteiger partial charge on any atom is 0.196 e. The zero-order chi connectivity index (χ0) is 26.6. The molecule has 2 aromatic heterocycles. The highest BCUT2D eigenvalue weighted by molar-refractivity contribution is 6.36. The Kier molecular flexibility index (Phi) is 7.23. The summed E-state index contributed by atoms with van der Waals surface area (Å²) in [4.78, 5) is 20.9. The van der Waals surface area contributed by atoms with Crippen LogP contribution in [-0.2, 0) is 4.74 Å². The molecule has 2 N–H and O–H groups in total. The second-order valence-electron chi connectivity index (χ2n) is 8.85. The Morgan fingerprint density at radius 2 is 2.05 bits per heavy atom. The minimum Gasteiger partial charge on any atom is -0.457 e. The van der Waals surface area contributed by atoms with Crippen LogP contribution in [0.3, 0.4) is 0 Å². The molecular formula is C28H21ClFN5O3. The van der Waals surface area contributed by atoms with Gasteiger partial charge in [0, 0.05) is 36.1 Å². The molecular weight excluding hydrogens is 509 g/mol. The Balaban J connectivity index is 1.44. The Bertz CT molecular complexity index is 1600. The lowest BCUT2D eigenvalue weighted by Gasteiger charge is -2.29. The maximum absolute atomic E-state index is 13.6. The molecule has 0 spiro atoms. The smallest absolute Gasteiger partial charge is 0.196 e. The van der Waals surface area contributed by atoms with E-state index in [4.69, 9.17) is 26.3 Å². The van der Waals surface area contributed by atoms with Gasteiger partial charge in [0.05, 0.1) is 52.4 Å². The van der Waals surface area contributed by atoms with Gasteiger partial charge in [0.25, 0.3) is 0 Å².